The van der Waals surface area contributed by atoms with Crippen LogP contribution in [-0.4, -0.2) is 49.1 Å². The number of aromatic nitrogens is 2. The van der Waals surface area contributed by atoms with Gasteiger partial charge in [-0.05, 0) is 36.8 Å². The van der Waals surface area contributed by atoms with E-state index in [1.165, 1.54) is 0 Å². The molecule has 4 rings (SSSR count). The molecule has 1 fully saturated rings. The maximum Gasteiger partial charge on any atom is 0.323 e. The Hall–Kier alpha value is -3.43. The minimum absolute atomic E-state index is 0.223. The van der Waals surface area contributed by atoms with Gasteiger partial charge in [-0.25, -0.2) is 4.68 Å². The summed E-state index contributed by atoms with van der Waals surface area (Å²) in [6.45, 7) is 2.19. The first-order chi connectivity index (χ1) is 16.0. The number of ether oxygens (including phenoxy) is 1. The van der Waals surface area contributed by atoms with Crippen LogP contribution in [0.3, 0.4) is 0 Å². The third-order valence-corrected chi connectivity index (χ3v) is 6.17. The summed E-state index contributed by atoms with van der Waals surface area (Å²) < 4.78 is 7.75. The molecule has 0 unspecified atom stereocenters. The van der Waals surface area contributed by atoms with E-state index in [2.05, 4.69) is 0 Å². The Morgan fingerprint density at radius 2 is 2.00 bits per heavy atom. The number of amides is 1. The molecule has 1 saturated heterocycles. The van der Waals surface area contributed by atoms with Crippen molar-refractivity contribution in [2.75, 3.05) is 13.2 Å². The zero-order valence-electron chi connectivity index (χ0n) is 17.8. The number of para-hydroxylation sites is 1. The summed E-state index contributed by atoms with van der Waals surface area (Å²) >= 11 is 6.31. The third kappa shape index (κ3) is 5.15. The molecule has 168 valence electrons. The topological polar surface area (TPSA) is 84.7 Å². The number of carbonyl (C=O) groups excluding carboxylic acids is 1. The number of thiocarbonyl (C=S) groups is 1. The van der Waals surface area contributed by atoms with Gasteiger partial charge in [0.25, 0.3) is 5.91 Å². The lowest BCUT2D eigenvalue weighted by Gasteiger charge is -2.10. The van der Waals surface area contributed by atoms with Crippen LogP contribution in [0.4, 0.5) is 0 Å². The van der Waals surface area contributed by atoms with E-state index in [0.29, 0.717) is 22.8 Å². The van der Waals surface area contributed by atoms with Crippen LogP contribution in [0.25, 0.3) is 23.0 Å². The quantitative estimate of drug-likeness (QED) is 0.373. The van der Waals surface area contributed by atoms with Crippen molar-refractivity contribution in [1.29, 1.82) is 0 Å². The second-order valence-corrected chi connectivity index (χ2v) is 8.93. The highest BCUT2D eigenvalue weighted by atomic mass is 32.2. The van der Waals surface area contributed by atoms with Crippen molar-refractivity contribution >= 4 is 46.3 Å². The van der Waals surface area contributed by atoms with E-state index in [9.17, 15) is 9.59 Å². The minimum atomic E-state index is -1.12. The van der Waals surface area contributed by atoms with E-state index in [1.54, 1.807) is 10.8 Å². The lowest BCUT2D eigenvalue weighted by Crippen LogP contribution is -2.33. The monoisotopic (exact) mass is 479 g/mol. The van der Waals surface area contributed by atoms with Gasteiger partial charge in [0.1, 0.15) is 22.3 Å². The number of carbonyl (C=O) groups is 2. The molecule has 2 aromatic carbocycles. The van der Waals surface area contributed by atoms with Gasteiger partial charge in [-0.1, -0.05) is 61.2 Å². The van der Waals surface area contributed by atoms with Crippen molar-refractivity contribution in [1.82, 2.24) is 14.7 Å². The highest BCUT2D eigenvalue weighted by molar-refractivity contribution is 8.26. The van der Waals surface area contributed by atoms with Crippen LogP contribution in [0.15, 0.2) is 65.7 Å². The summed E-state index contributed by atoms with van der Waals surface area (Å²) in [6.07, 6.45) is 4.45. The molecule has 0 radical (unpaired) electrons. The van der Waals surface area contributed by atoms with Crippen LogP contribution in [0.1, 0.15) is 18.9 Å². The van der Waals surface area contributed by atoms with Crippen molar-refractivity contribution in [3.63, 3.8) is 0 Å². The fourth-order valence-electron chi connectivity index (χ4n) is 3.30. The van der Waals surface area contributed by atoms with E-state index in [1.807, 2.05) is 67.7 Å². The third-order valence-electron chi connectivity index (χ3n) is 4.80. The van der Waals surface area contributed by atoms with Gasteiger partial charge in [0.15, 0.2) is 0 Å². The molecule has 0 aliphatic carbocycles. The standard InChI is InChI=1S/C24H21N3O4S2/c1-2-11-31-19-10-6-7-16(12-19)22-17(14-27(25-22)18-8-4-3-5-9-18)13-20-23(30)26(15-21(28)29)24(32)33-20/h3-10,12-14H,2,11,15H2,1H3,(H,28,29)/b20-13-. The normalized spacial score (nSPS) is 14.8. The zero-order chi connectivity index (χ0) is 23.4. The molecule has 1 aromatic heterocycles. The van der Waals surface area contributed by atoms with Gasteiger partial charge in [0, 0.05) is 17.3 Å². The Morgan fingerprint density at radius 1 is 1.21 bits per heavy atom. The Bertz CT molecular complexity index is 1240. The number of hydrogen-bond acceptors (Lipinski definition) is 6. The molecule has 1 aliphatic rings. The van der Waals surface area contributed by atoms with Crippen LogP contribution in [0, 0.1) is 0 Å². The molecule has 0 atom stereocenters. The smallest absolute Gasteiger partial charge is 0.323 e. The van der Waals surface area contributed by atoms with Crippen molar-refractivity contribution in [2.24, 2.45) is 0 Å². The van der Waals surface area contributed by atoms with E-state index < -0.39 is 18.4 Å². The number of hydrogen-bond donors (Lipinski definition) is 1. The minimum Gasteiger partial charge on any atom is -0.494 e. The Kier molecular flexibility index (Phi) is 6.90. The van der Waals surface area contributed by atoms with Crippen LogP contribution in [0.5, 0.6) is 5.75 Å². The molecular formula is C24H21N3O4S2. The van der Waals surface area contributed by atoms with Crippen LogP contribution >= 0.6 is 24.0 Å². The molecule has 0 saturated carbocycles. The van der Waals surface area contributed by atoms with Crippen molar-refractivity contribution in [2.45, 2.75) is 13.3 Å². The summed E-state index contributed by atoms with van der Waals surface area (Å²) in [7, 11) is 0. The molecule has 2 heterocycles. The molecule has 0 spiro atoms. The fourth-order valence-corrected chi connectivity index (χ4v) is 4.54. The number of nitrogens with zero attached hydrogens (tertiary/aromatic N) is 3. The van der Waals surface area contributed by atoms with Gasteiger partial charge in [0.05, 0.1) is 17.2 Å². The first-order valence-electron chi connectivity index (χ1n) is 10.3. The van der Waals surface area contributed by atoms with Gasteiger partial charge >= 0.3 is 5.97 Å². The van der Waals surface area contributed by atoms with Crippen molar-refractivity contribution in [3.05, 3.63) is 71.3 Å². The van der Waals surface area contributed by atoms with Crippen LogP contribution < -0.4 is 4.74 Å². The van der Waals surface area contributed by atoms with Gasteiger partial charge < -0.3 is 9.84 Å². The number of thioether (sulfide) groups is 1. The second-order valence-electron chi connectivity index (χ2n) is 7.25. The first kappa shape index (κ1) is 22.8. The molecule has 7 nitrogen and oxygen atoms in total. The number of carboxylic acids is 1. The summed E-state index contributed by atoms with van der Waals surface area (Å²) in [5.74, 6) is -0.804. The fraction of sp³-hybridized carbons (Fsp3) is 0.167. The number of aliphatic carboxylic acids is 1. The molecule has 3 aromatic rings. The molecule has 33 heavy (non-hydrogen) atoms. The van der Waals surface area contributed by atoms with E-state index in [-0.39, 0.29) is 4.32 Å². The van der Waals surface area contributed by atoms with E-state index in [4.69, 9.17) is 27.2 Å². The lowest BCUT2D eigenvalue weighted by atomic mass is 10.1. The average Bonchev–Trinajstić information content (AvgIpc) is 3.35. The molecular weight excluding hydrogens is 458 g/mol. The summed E-state index contributed by atoms with van der Waals surface area (Å²) in [6, 6.07) is 17.3. The van der Waals surface area contributed by atoms with Gasteiger partial charge in [-0.2, -0.15) is 5.10 Å². The molecule has 0 bridgehead atoms. The highest BCUT2D eigenvalue weighted by Gasteiger charge is 2.33. The highest BCUT2D eigenvalue weighted by Crippen LogP contribution is 2.35. The predicted octanol–water partition coefficient (Wildman–Crippen LogP) is 4.61. The molecule has 9 heteroatoms. The summed E-state index contributed by atoms with van der Waals surface area (Å²) in [5, 5.41) is 13.9. The van der Waals surface area contributed by atoms with E-state index in [0.717, 1.165) is 40.1 Å². The van der Waals surface area contributed by atoms with E-state index >= 15 is 0 Å². The molecule has 1 aliphatic heterocycles. The number of benzene rings is 2. The molecule has 1 N–H and O–H groups in total. The lowest BCUT2D eigenvalue weighted by molar-refractivity contribution is -0.140. The largest absolute Gasteiger partial charge is 0.494 e. The second kappa shape index (κ2) is 10.0. The molecule has 1 amide bonds. The van der Waals surface area contributed by atoms with Crippen LogP contribution in [0.2, 0.25) is 0 Å². The maximum absolute atomic E-state index is 12.8. The number of carboxylic acid groups (broad SMARTS) is 1. The summed E-state index contributed by atoms with van der Waals surface area (Å²) in [5.41, 5.74) is 3.09. The predicted molar refractivity (Wildman–Crippen MR) is 132 cm³/mol. The Morgan fingerprint density at radius 3 is 2.73 bits per heavy atom. The van der Waals surface area contributed by atoms with Crippen molar-refractivity contribution < 1.29 is 19.4 Å². The van der Waals surface area contributed by atoms with Crippen LogP contribution in [-0.2, 0) is 9.59 Å². The van der Waals surface area contributed by atoms with Gasteiger partial charge in [-0.15, -0.1) is 0 Å². The van der Waals surface area contributed by atoms with Gasteiger partial charge in [0.2, 0.25) is 0 Å². The Balaban J connectivity index is 1.77. The van der Waals surface area contributed by atoms with Gasteiger partial charge in [-0.3, -0.25) is 14.5 Å². The zero-order valence-corrected chi connectivity index (χ0v) is 19.4. The average molecular weight is 480 g/mol. The SMILES string of the molecule is CCCOc1cccc(-c2nn(-c3ccccc3)cc2/C=C2\SC(=S)N(CC(=O)O)C2=O)c1. The maximum atomic E-state index is 12.8. The van der Waals surface area contributed by atoms with Crippen molar-refractivity contribution in [3.8, 4) is 22.7 Å². The first-order valence-corrected chi connectivity index (χ1v) is 11.5. The Labute approximate surface area is 200 Å². The number of rotatable bonds is 8. The summed E-state index contributed by atoms with van der Waals surface area (Å²) in [4.78, 5) is 25.3.